The fraction of sp³-hybridized carbons (Fsp3) is 0.333. The second kappa shape index (κ2) is 3.94. The summed E-state index contributed by atoms with van der Waals surface area (Å²) in [6, 6.07) is 2.11. The number of aryl methyl sites for hydroxylation is 1. The molecule has 1 aromatic rings. The van der Waals surface area contributed by atoms with Crippen LogP contribution in [-0.2, 0) is 6.42 Å². The van der Waals surface area contributed by atoms with E-state index in [9.17, 15) is 0 Å². The number of allylic oxidation sites excluding steroid dienone is 1. The number of rotatable bonds is 4. The lowest BCUT2D eigenvalue weighted by Crippen LogP contribution is -1.79. The van der Waals surface area contributed by atoms with Crippen LogP contribution in [0.25, 0.3) is 0 Å². The van der Waals surface area contributed by atoms with Crippen molar-refractivity contribution in [1.29, 1.82) is 0 Å². The number of aromatic amines is 1. The van der Waals surface area contributed by atoms with Crippen molar-refractivity contribution in [2.75, 3.05) is 0 Å². The standard InChI is InChI=1S/C9H13N/c1-2-3-4-5-9-6-7-10-8-9/h2,6-8,10H,1,3-5H2. The molecular formula is C9H13N. The molecule has 0 aliphatic carbocycles. The van der Waals surface area contributed by atoms with E-state index < -0.39 is 0 Å². The van der Waals surface area contributed by atoms with Crippen LogP contribution in [0.2, 0.25) is 0 Å². The third kappa shape index (κ3) is 2.09. The lowest BCUT2D eigenvalue weighted by Gasteiger charge is -1.91. The van der Waals surface area contributed by atoms with Crippen molar-refractivity contribution in [3.05, 3.63) is 36.7 Å². The zero-order valence-corrected chi connectivity index (χ0v) is 6.14. The zero-order chi connectivity index (χ0) is 7.23. The Hall–Kier alpha value is -0.980. The van der Waals surface area contributed by atoms with Crippen molar-refractivity contribution in [2.45, 2.75) is 19.3 Å². The molecule has 0 saturated carbocycles. The normalized spacial score (nSPS) is 9.60. The molecule has 1 N–H and O–H groups in total. The van der Waals surface area contributed by atoms with Crippen LogP contribution >= 0.6 is 0 Å². The van der Waals surface area contributed by atoms with Crippen molar-refractivity contribution < 1.29 is 0 Å². The number of aromatic nitrogens is 1. The van der Waals surface area contributed by atoms with Gasteiger partial charge >= 0.3 is 0 Å². The van der Waals surface area contributed by atoms with Crippen molar-refractivity contribution in [1.82, 2.24) is 4.98 Å². The number of hydrogen-bond acceptors (Lipinski definition) is 0. The van der Waals surface area contributed by atoms with E-state index in [1.807, 2.05) is 18.5 Å². The fourth-order valence-corrected chi connectivity index (χ4v) is 0.964. The Morgan fingerprint density at radius 2 is 2.50 bits per heavy atom. The molecule has 1 heterocycles. The molecular weight excluding hydrogens is 122 g/mol. The van der Waals surface area contributed by atoms with E-state index in [-0.39, 0.29) is 0 Å². The van der Waals surface area contributed by atoms with E-state index >= 15 is 0 Å². The minimum atomic E-state index is 1.12. The second-order valence-electron chi connectivity index (χ2n) is 2.40. The number of hydrogen-bond donors (Lipinski definition) is 1. The molecule has 1 nitrogen and oxygen atoms in total. The molecule has 0 aliphatic heterocycles. The molecule has 54 valence electrons. The zero-order valence-electron chi connectivity index (χ0n) is 6.14. The van der Waals surface area contributed by atoms with Crippen LogP contribution < -0.4 is 0 Å². The molecule has 0 aromatic carbocycles. The summed E-state index contributed by atoms with van der Waals surface area (Å²) in [6.07, 6.45) is 9.46. The van der Waals surface area contributed by atoms with Crippen LogP contribution in [-0.4, -0.2) is 4.98 Å². The summed E-state index contributed by atoms with van der Waals surface area (Å²) >= 11 is 0. The van der Waals surface area contributed by atoms with Crippen molar-refractivity contribution in [2.24, 2.45) is 0 Å². The largest absolute Gasteiger partial charge is 0.367 e. The summed E-state index contributed by atoms with van der Waals surface area (Å²) in [7, 11) is 0. The molecule has 1 rings (SSSR count). The molecule has 0 saturated heterocycles. The molecule has 0 bridgehead atoms. The van der Waals surface area contributed by atoms with Gasteiger partial charge in [0.05, 0.1) is 0 Å². The van der Waals surface area contributed by atoms with Gasteiger partial charge in [0, 0.05) is 12.4 Å². The van der Waals surface area contributed by atoms with Gasteiger partial charge in [0.25, 0.3) is 0 Å². The smallest absolute Gasteiger partial charge is 0.00373 e. The maximum atomic E-state index is 3.67. The molecule has 0 unspecified atom stereocenters. The highest BCUT2D eigenvalue weighted by atomic mass is 14.6. The van der Waals surface area contributed by atoms with Gasteiger partial charge in [-0.15, -0.1) is 6.58 Å². The SMILES string of the molecule is C=CCCCc1cc[nH]c1. The first-order chi connectivity index (χ1) is 4.93. The molecule has 0 atom stereocenters. The summed E-state index contributed by atoms with van der Waals surface area (Å²) < 4.78 is 0. The average Bonchev–Trinajstić information content (AvgIpc) is 2.41. The summed E-state index contributed by atoms with van der Waals surface area (Å²) in [5.74, 6) is 0. The Kier molecular flexibility index (Phi) is 2.81. The predicted molar refractivity (Wildman–Crippen MR) is 43.9 cm³/mol. The van der Waals surface area contributed by atoms with Crippen LogP contribution in [0.3, 0.4) is 0 Å². The van der Waals surface area contributed by atoms with Gasteiger partial charge in [-0.25, -0.2) is 0 Å². The van der Waals surface area contributed by atoms with Crippen LogP contribution in [0.15, 0.2) is 31.1 Å². The number of unbranched alkanes of at least 4 members (excludes halogenated alkanes) is 1. The van der Waals surface area contributed by atoms with Crippen molar-refractivity contribution in [3.8, 4) is 0 Å². The summed E-state index contributed by atoms with van der Waals surface area (Å²) in [5, 5.41) is 0. The predicted octanol–water partition coefficient (Wildman–Crippen LogP) is 2.52. The molecule has 1 aromatic heterocycles. The molecule has 0 amide bonds. The molecule has 1 heteroatoms. The first kappa shape index (κ1) is 7.13. The molecule has 0 fully saturated rings. The van der Waals surface area contributed by atoms with Crippen LogP contribution in [0, 0.1) is 0 Å². The molecule has 10 heavy (non-hydrogen) atoms. The van der Waals surface area contributed by atoms with E-state index in [1.165, 1.54) is 12.0 Å². The molecule has 0 aliphatic rings. The molecule has 0 radical (unpaired) electrons. The van der Waals surface area contributed by atoms with E-state index in [0.717, 1.165) is 12.8 Å². The maximum absolute atomic E-state index is 3.67. The minimum Gasteiger partial charge on any atom is -0.367 e. The third-order valence-electron chi connectivity index (χ3n) is 1.54. The van der Waals surface area contributed by atoms with E-state index in [0.29, 0.717) is 0 Å². The first-order valence-corrected chi connectivity index (χ1v) is 3.66. The van der Waals surface area contributed by atoms with Gasteiger partial charge in [0.1, 0.15) is 0 Å². The highest BCUT2D eigenvalue weighted by molar-refractivity contribution is 5.08. The van der Waals surface area contributed by atoms with E-state index in [4.69, 9.17) is 0 Å². The summed E-state index contributed by atoms with van der Waals surface area (Å²) in [6.45, 7) is 3.67. The summed E-state index contributed by atoms with van der Waals surface area (Å²) in [4.78, 5) is 3.03. The van der Waals surface area contributed by atoms with Gasteiger partial charge in [-0.1, -0.05) is 6.08 Å². The first-order valence-electron chi connectivity index (χ1n) is 3.66. The van der Waals surface area contributed by atoms with E-state index in [2.05, 4.69) is 17.6 Å². The quantitative estimate of drug-likeness (QED) is 0.482. The van der Waals surface area contributed by atoms with Gasteiger partial charge in [0.2, 0.25) is 0 Å². The minimum absolute atomic E-state index is 1.12. The Bertz CT molecular complexity index is 175. The van der Waals surface area contributed by atoms with Crippen LogP contribution in [0.5, 0.6) is 0 Å². The Morgan fingerprint density at radius 3 is 3.10 bits per heavy atom. The number of H-pyrrole nitrogens is 1. The maximum Gasteiger partial charge on any atom is 0.00373 e. The van der Waals surface area contributed by atoms with Gasteiger partial charge in [-0.2, -0.15) is 0 Å². The van der Waals surface area contributed by atoms with Gasteiger partial charge < -0.3 is 4.98 Å². The van der Waals surface area contributed by atoms with Gasteiger partial charge in [0.15, 0.2) is 0 Å². The van der Waals surface area contributed by atoms with Crippen molar-refractivity contribution >= 4 is 0 Å². The Morgan fingerprint density at radius 1 is 1.60 bits per heavy atom. The Balaban J connectivity index is 2.21. The van der Waals surface area contributed by atoms with Gasteiger partial charge in [-0.05, 0) is 30.9 Å². The average molecular weight is 135 g/mol. The highest BCUT2D eigenvalue weighted by Gasteiger charge is 1.89. The topological polar surface area (TPSA) is 15.8 Å². The lowest BCUT2D eigenvalue weighted by atomic mass is 10.1. The number of nitrogens with one attached hydrogen (secondary N) is 1. The Labute approximate surface area is 61.8 Å². The van der Waals surface area contributed by atoms with Crippen LogP contribution in [0.4, 0.5) is 0 Å². The second-order valence-corrected chi connectivity index (χ2v) is 2.40. The molecule has 0 spiro atoms. The van der Waals surface area contributed by atoms with E-state index in [1.54, 1.807) is 0 Å². The lowest BCUT2D eigenvalue weighted by molar-refractivity contribution is 0.845. The fourth-order valence-electron chi connectivity index (χ4n) is 0.964. The van der Waals surface area contributed by atoms with Gasteiger partial charge in [-0.3, -0.25) is 0 Å². The van der Waals surface area contributed by atoms with Crippen molar-refractivity contribution in [3.63, 3.8) is 0 Å². The highest BCUT2D eigenvalue weighted by Crippen LogP contribution is 2.02. The third-order valence-corrected chi connectivity index (χ3v) is 1.54. The summed E-state index contributed by atoms with van der Waals surface area (Å²) in [5.41, 5.74) is 1.39. The monoisotopic (exact) mass is 135 g/mol. The van der Waals surface area contributed by atoms with Crippen LogP contribution in [0.1, 0.15) is 18.4 Å².